The third-order valence-corrected chi connectivity index (χ3v) is 5.07. The van der Waals surface area contributed by atoms with E-state index in [2.05, 4.69) is 15.2 Å². The molecule has 0 spiro atoms. The van der Waals surface area contributed by atoms with Gasteiger partial charge in [0.25, 0.3) is 5.91 Å². The van der Waals surface area contributed by atoms with Crippen LogP contribution in [-0.2, 0) is 0 Å². The number of nitrogens with one attached hydrogen (secondary N) is 1. The van der Waals surface area contributed by atoms with E-state index in [1.807, 2.05) is 37.3 Å². The highest BCUT2D eigenvalue weighted by Crippen LogP contribution is 2.24. The third kappa shape index (κ3) is 3.89. The van der Waals surface area contributed by atoms with Crippen molar-refractivity contribution in [3.05, 3.63) is 46.3 Å². The molecule has 6 heteroatoms. The van der Waals surface area contributed by atoms with E-state index < -0.39 is 5.60 Å². The van der Waals surface area contributed by atoms with Gasteiger partial charge in [0, 0.05) is 30.7 Å². The lowest BCUT2D eigenvalue weighted by atomic mass is 9.92. The Morgan fingerprint density at radius 2 is 2.30 bits per heavy atom. The molecule has 3 heterocycles. The van der Waals surface area contributed by atoms with E-state index in [1.165, 1.54) is 11.3 Å². The fourth-order valence-electron chi connectivity index (χ4n) is 2.88. The largest absolute Gasteiger partial charge is 0.386 e. The highest BCUT2D eigenvalue weighted by Gasteiger charge is 2.34. The average Bonchev–Trinajstić information content (AvgIpc) is 3.00. The number of nitrogens with zero attached hydrogens (tertiary/aromatic N) is 2. The van der Waals surface area contributed by atoms with Gasteiger partial charge in [0.05, 0.1) is 10.5 Å². The summed E-state index contributed by atoms with van der Waals surface area (Å²) in [6.45, 7) is 3.58. The van der Waals surface area contributed by atoms with Crippen molar-refractivity contribution >= 4 is 23.1 Å². The zero-order chi connectivity index (χ0) is 16.3. The first-order valence-corrected chi connectivity index (χ1v) is 8.60. The van der Waals surface area contributed by atoms with Crippen molar-refractivity contribution in [2.75, 3.05) is 24.5 Å². The van der Waals surface area contributed by atoms with E-state index in [-0.39, 0.29) is 12.5 Å². The number of aromatic nitrogens is 1. The van der Waals surface area contributed by atoms with Crippen LogP contribution >= 0.6 is 11.3 Å². The van der Waals surface area contributed by atoms with Crippen LogP contribution in [0.5, 0.6) is 0 Å². The Hall–Kier alpha value is -1.92. The van der Waals surface area contributed by atoms with E-state index in [9.17, 15) is 9.90 Å². The van der Waals surface area contributed by atoms with Gasteiger partial charge in [-0.3, -0.25) is 4.79 Å². The molecule has 2 N–H and O–H groups in total. The van der Waals surface area contributed by atoms with Crippen molar-refractivity contribution in [2.24, 2.45) is 0 Å². The van der Waals surface area contributed by atoms with Crippen LogP contribution in [-0.4, -0.2) is 41.2 Å². The second kappa shape index (κ2) is 6.68. The van der Waals surface area contributed by atoms with Crippen LogP contribution in [0.15, 0.2) is 36.5 Å². The zero-order valence-corrected chi connectivity index (χ0v) is 14.0. The lowest BCUT2D eigenvalue weighted by Gasteiger charge is -2.39. The Morgan fingerprint density at radius 3 is 3.00 bits per heavy atom. The van der Waals surface area contributed by atoms with E-state index in [0.29, 0.717) is 17.8 Å². The Bertz CT molecular complexity index is 673. The van der Waals surface area contributed by atoms with E-state index >= 15 is 0 Å². The smallest absolute Gasteiger partial charge is 0.261 e. The van der Waals surface area contributed by atoms with Crippen LogP contribution in [0.25, 0.3) is 0 Å². The van der Waals surface area contributed by atoms with E-state index in [4.69, 9.17) is 0 Å². The number of thiophene rings is 1. The normalized spacial score (nSPS) is 21.2. The number of pyridine rings is 1. The molecular formula is C17H21N3O2S. The molecule has 1 amide bonds. The SMILES string of the molecule is Cc1ccc(C(=O)NC[C@]2(O)CCCN(c3ccccn3)C2)s1. The van der Waals surface area contributed by atoms with E-state index in [0.717, 1.165) is 23.7 Å². The standard InChI is InChI=1S/C17H21N3O2S/c1-13-6-7-14(23-13)16(21)19-11-17(22)8-4-10-20(12-17)15-5-2-3-9-18-15/h2-3,5-7,9,22H,4,8,10-12H2,1H3,(H,19,21)/t17-/m1/s1. The molecule has 1 atom stereocenters. The quantitative estimate of drug-likeness (QED) is 0.901. The van der Waals surface area contributed by atoms with Crippen LogP contribution < -0.4 is 10.2 Å². The summed E-state index contributed by atoms with van der Waals surface area (Å²) in [5.74, 6) is 0.748. The summed E-state index contributed by atoms with van der Waals surface area (Å²) in [6.07, 6.45) is 3.31. The zero-order valence-electron chi connectivity index (χ0n) is 13.2. The summed E-state index contributed by atoms with van der Waals surface area (Å²) >= 11 is 1.46. The number of piperidine rings is 1. The summed E-state index contributed by atoms with van der Waals surface area (Å²) in [6, 6.07) is 9.51. The molecular weight excluding hydrogens is 310 g/mol. The fourth-order valence-corrected chi connectivity index (χ4v) is 3.67. The van der Waals surface area contributed by atoms with Crippen molar-refractivity contribution in [1.29, 1.82) is 0 Å². The van der Waals surface area contributed by atoms with Crippen molar-refractivity contribution in [3.8, 4) is 0 Å². The Labute approximate surface area is 140 Å². The van der Waals surface area contributed by atoms with Crippen LogP contribution in [0, 0.1) is 6.92 Å². The van der Waals surface area contributed by atoms with Gasteiger partial charge in [-0.1, -0.05) is 6.07 Å². The molecule has 0 aliphatic carbocycles. The number of rotatable bonds is 4. The number of carbonyl (C=O) groups excluding carboxylic acids is 1. The van der Waals surface area contributed by atoms with Gasteiger partial charge in [-0.25, -0.2) is 4.98 Å². The lowest BCUT2D eigenvalue weighted by Crippen LogP contribution is -2.54. The summed E-state index contributed by atoms with van der Waals surface area (Å²) in [4.78, 5) is 20.4. The Balaban J connectivity index is 1.61. The molecule has 2 aromatic rings. The summed E-state index contributed by atoms with van der Waals surface area (Å²) in [5.41, 5.74) is -0.919. The first-order valence-electron chi connectivity index (χ1n) is 7.79. The predicted octanol–water partition coefficient (Wildman–Crippen LogP) is 2.21. The molecule has 0 radical (unpaired) electrons. The number of β-amino-alcohol motifs (C(OH)–C–C–N with tert-alkyl or cyclic N) is 1. The van der Waals surface area contributed by atoms with E-state index in [1.54, 1.807) is 6.20 Å². The summed E-state index contributed by atoms with van der Waals surface area (Å²) < 4.78 is 0. The number of aliphatic hydroxyl groups is 1. The highest BCUT2D eigenvalue weighted by molar-refractivity contribution is 7.13. The molecule has 122 valence electrons. The molecule has 1 saturated heterocycles. The van der Waals surface area contributed by atoms with Crippen molar-refractivity contribution < 1.29 is 9.90 Å². The van der Waals surface area contributed by atoms with Crippen molar-refractivity contribution in [2.45, 2.75) is 25.4 Å². The molecule has 5 nitrogen and oxygen atoms in total. The number of aryl methyl sites for hydroxylation is 1. The number of hydrogen-bond donors (Lipinski definition) is 2. The predicted molar refractivity (Wildman–Crippen MR) is 92.0 cm³/mol. The maximum Gasteiger partial charge on any atom is 0.261 e. The molecule has 3 rings (SSSR count). The van der Waals surface area contributed by atoms with Gasteiger partial charge in [0.2, 0.25) is 0 Å². The molecule has 1 aliphatic rings. The van der Waals surface area contributed by atoms with Crippen LogP contribution in [0.1, 0.15) is 27.4 Å². The van der Waals surface area contributed by atoms with Gasteiger partial charge < -0.3 is 15.3 Å². The maximum absolute atomic E-state index is 12.2. The highest BCUT2D eigenvalue weighted by atomic mass is 32.1. The van der Waals surface area contributed by atoms with Gasteiger partial charge >= 0.3 is 0 Å². The number of carbonyl (C=O) groups is 1. The topological polar surface area (TPSA) is 65.5 Å². The first kappa shape index (κ1) is 16.0. The van der Waals surface area contributed by atoms with Crippen molar-refractivity contribution in [3.63, 3.8) is 0 Å². The maximum atomic E-state index is 12.2. The van der Waals surface area contributed by atoms with Crippen molar-refractivity contribution in [1.82, 2.24) is 10.3 Å². The van der Waals surface area contributed by atoms with Gasteiger partial charge in [0.15, 0.2) is 0 Å². The fraction of sp³-hybridized carbons (Fsp3) is 0.412. The van der Waals surface area contributed by atoms with Gasteiger partial charge in [-0.05, 0) is 44.0 Å². The average molecular weight is 331 g/mol. The lowest BCUT2D eigenvalue weighted by molar-refractivity contribution is 0.0255. The molecule has 0 bridgehead atoms. The molecule has 1 fully saturated rings. The Kier molecular flexibility index (Phi) is 4.63. The summed E-state index contributed by atoms with van der Waals surface area (Å²) in [5, 5.41) is 13.7. The number of hydrogen-bond acceptors (Lipinski definition) is 5. The Morgan fingerprint density at radius 1 is 1.43 bits per heavy atom. The second-order valence-corrected chi connectivity index (χ2v) is 7.32. The van der Waals surface area contributed by atoms with Gasteiger partial charge in [0.1, 0.15) is 5.82 Å². The minimum atomic E-state index is -0.919. The minimum Gasteiger partial charge on any atom is -0.386 e. The molecule has 2 aromatic heterocycles. The summed E-state index contributed by atoms with van der Waals surface area (Å²) in [7, 11) is 0. The molecule has 0 saturated carbocycles. The van der Waals surface area contributed by atoms with Gasteiger partial charge in [-0.15, -0.1) is 11.3 Å². The van der Waals surface area contributed by atoms with Gasteiger partial charge in [-0.2, -0.15) is 0 Å². The second-order valence-electron chi connectivity index (χ2n) is 6.03. The third-order valence-electron chi connectivity index (χ3n) is 4.07. The van der Waals surface area contributed by atoms with Crippen LogP contribution in [0.4, 0.5) is 5.82 Å². The number of amides is 1. The molecule has 1 aliphatic heterocycles. The molecule has 23 heavy (non-hydrogen) atoms. The van der Waals surface area contributed by atoms with Crippen LogP contribution in [0.2, 0.25) is 0 Å². The number of anilines is 1. The minimum absolute atomic E-state index is 0.119. The first-order chi connectivity index (χ1) is 11.1. The molecule has 0 unspecified atom stereocenters. The van der Waals surface area contributed by atoms with Crippen LogP contribution in [0.3, 0.4) is 0 Å². The monoisotopic (exact) mass is 331 g/mol. The molecule has 0 aromatic carbocycles.